The number of hydrogen-bond acceptors (Lipinski definition) is 7. The normalized spacial score (nSPS) is 13.6. The second-order valence-corrected chi connectivity index (χ2v) is 8.21. The summed E-state index contributed by atoms with van der Waals surface area (Å²) in [6.07, 6.45) is 2.03. The fourth-order valence-corrected chi connectivity index (χ4v) is 3.99. The van der Waals surface area contributed by atoms with Gasteiger partial charge < -0.3 is 20.3 Å². The van der Waals surface area contributed by atoms with E-state index in [2.05, 4.69) is 30.5 Å². The van der Waals surface area contributed by atoms with Gasteiger partial charge in [-0.05, 0) is 48.9 Å². The van der Waals surface area contributed by atoms with Gasteiger partial charge in [-0.25, -0.2) is 4.98 Å². The van der Waals surface area contributed by atoms with Crippen LogP contribution in [-0.2, 0) is 16.0 Å². The van der Waals surface area contributed by atoms with Crippen molar-refractivity contribution in [2.75, 3.05) is 41.8 Å². The average molecular weight is 455 g/mol. The zero-order valence-corrected chi connectivity index (χ0v) is 19.0. The third-order valence-corrected chi connectivity index (χ3v) is 5.67. The molecule has 8 nitrogen and oxygen atoms in total. The molecule has 172 valence electrons. The second-order valence-electron chi connectivity index (χ2n) is 8.21. The van der Waals surface area contributed by atoms with Crippen molar-refractivity contribution in [3.8, 4) is 0 Å². The van der Waals surface area contributed by atoms with Crippen molar-refractivity contribution in [2.24, 2.45) is 0 Å². The van der Waals surface area contributed by atoms with E-state index < -0.39 is 0 Å². The molecule has 1 fully saturated rings. The van der Waals surface area contributed by atoms with Crippen molar-refractivity contribution in [3.63, 3.8) is 0 Å². The Kier molecular flexibility index (Phi) is 6.31. The highest BCUT2D eigenvalue weighted by Gasteiger charge is 2.15. The van der Waals surface area contributed by atoms with Crippen molar-refractivity contribution < 1.29 is 9.53 Å². The number of aryl methyl sites for hydroxylation is 1. The first-order valence-corrected chi connectivity index (χ1v) is 11.3. The summed E-state index contributed by atoms with van der Waals surface area (Å²) in [6, 6.07) is 19.2. The summed E-state index contributed by atoms with van der Waals surface area (Å²) < 4.78 is 5.42. The fraction of sp³-hybridized carbons (Fsp3) is 0.231. The van der Waals surface area contributed by atoms with Crippen molar-refractivity contribution >= 4 is 40.0 Å². The van der Waals surface area contributed by atoms with E-state index >= 15 is 0 Å². The number of anilines is 4. The van der Waals surface area contributed by atoms with Crippen LogP contribution in [0.5, 0.6) is 0 Å². The number of aromatic nitrogens is 3. The van der Waals surface area contributed by atoms with E-state index in [0.717, 1.165) is 52.4 Å². The molecule has 2 N–H and O–H groups in total. The maximum absolute atomic E-state index is 12.6. The van der Waals surface area contributed by atoms with Crippen molar-refractivity contribution in [1.29, 1.82) is 0 Å². The molecule has 1 aliphatic heterocycles. The van der Waals surface area contributed by atoms with E-state index in [1.54, 1.807) is 6.20 Å². The number of benzene rings is 2. The Morgan fingerprint density at radius 2 is 1.76 bits per heavy atom. The van der Waals surface area contributed by atoms with Crippen LogP contribution in [0.25, 0.3) is 10.9 Å². The minimum atomic E-state index is -0.0707. The molecule has 34 heavy (non-hydrogen) atoms. The Balaban J connectivity index is 1.23. The number of nitrogens with zero attached hydrogens (tertiary/aromatic N) is 4. The number of nitrogens with one attached hydrogen (secondary N) is 2. The molecule has 0 unspecified atom stereocenters. The van der Waals surface area contributed by atoms with Crippen LogP contribution in [0.15, 0.2) is 66.9 Å². The molecule has 0 radical (unpaired) electrons. The zero-order valence-electron chi connectivity index (χ0n) is 19.0. The van der Waals surface area contributed by atoms with Gasteiger partial charge in [0.1, 0.15) is 5.82 Å². The third kappa shape index (κ3) is 5.13. The summed E-state index contributed by atoms with van der Waals surface area (Å²) in [5.41, 5.74) is 4.36. The van der Waals surface area contributed by atoms with Gasteiger partial charge in [-0.3, -0.25) is 9.78 Å². The van der Waals surface area contributed by atoms with Gasteiger partial charge in [0, 0.05) is 47.8 Å². The van der Waals surface area contributed by atoms with Gasteiger partial charge in [0.2, 0.25) is 11.9 Å². The maximum atomic E-state index is 12.6. The molecule has 5 rings (SSSR count). The smallest absolute Gasteiger partial charge is 0.228 e. The SMILES string of the molecule is Cc1cc(Nc2ccc(NC(=O)Cc3ccnc4ccccc34)cc2)nc(N2CCOCC2)n1. The monoisotopic (exact) mass is 454 g/mol. The van der Waals surface area contributed by atoms with Crippen LogP contribution in [0, 0.1) is 6.92 Å². The molecule has 1 amide bonds. The van der Waals surface area contributed by atoms with Crippen LogP contribution in [0.4, 0.5) is 23.1 Å². The Bertz CT molecular complexity index is 1300. The lowest BCUT2D eigenvalue weighted by Gasteiger charge is -2.27. The molecule has 4 aromatic rings. The predicted octanol–water partition coefficient (Wildman–Crippen LogP) is 4.09. The predicted molar refractivity (Wildman–Crippen MR) is 134 cm³/mol. The molecule has 0 saturated carbocycles. The first kappa shape index (κ1) is 21.8. The highest BCUT2D eigenvalue weighted by Crippen LogP contribution is 2.22. The minimum Gasteiger partial charge on any atom is -0.378 e. The molecular formula is C26H26N6O2. The fourth-order valence-electron chi connectivity index (χ4n) is 3.99. The van der Waals surface area contributed by atoms with Gasteiger partial charge in [0.15, 0.2) is 0 Å². The third-order valence-electron chi connectivity index (χ3n) is 5.67. The van der Waals surface area contributed by atoms with Crippen LogP contribution in [0.1, 0.15) is 11.3 Å². The zero-order chi connectivity index (χ0) is 23.3. The highest BCUT2D eigenvalue weighted by atomic mass is 16.5. The number of amides is 1. The van der Waals surface area contributed by atoms with Crippen LogP contribution in [0.2, 0.25) is 0 Å². The molecular weight excluding hydrogens is 428 g/mol. The lowest BCUT2D eigenvalue weighted by molar-refractivity contribution is -0.115. The van der Waals surface area contributed by atoms with Gasteiger partial charge in [-0.1, -0.05) is 18.2 Å². The van der Waals surface area contributed by atoms with Gasteiger partial charge >= 0.3 is 0 Å². The number of pyridine rings is 1. The number of carbonyl (C=O) groups excluding carboxylic acids is 1. The molecule has 0 atom stereocenters. The molecule has 2 aromatic carbocycles. The average Bonchev–Trinajstić information content (AvgIpc) is 2.86. The van der Waals surface area contributed by atoms with Crippen molar-refractivity contribution in [2.45, 2.75) is 13.3 Å². The van der Waals surface area contributed by atoms with E-state index in [9.17, 15) is 4.79 Å². The molecule has 0 spiro atoms. The summed E-state index contributed by atoms with van der Waals surface area (Å²) >= 11 is 0. The Morgan fingerprint density at radius 1 is 1.00 bits per heavy atom. The Hall–Kier alpha value is -4.04. The van der Waals surface area contributed by atoms with Crippen molar-refractivity contribution in [1.82, 2.24) is 15.0 Å². The number of morpholine rings is 1. The summed E-state index contributed by atoms with van der Waals surface area (Å²) in [7, 11) is 0. The van der Waals surface area contributed by atoms with E-state index in [1.807, 2.05) is 67.6 Å². The van der Waals surface area contributed by atoms with Gasteiger partial charge in [0.25, 0.3) is 0 Å². The molecule has 0 bridgehead atoms. The number of hydrogen-bond donors (Lipinski definition) is 2. The Labute approximate surface area is 198 Å². The lowest BCUT2D eigenvalue weighted by atomic mass is 10.1. The number of fused-ring (bicyclic) bond motifs is 1. The van der Waals surface area contributed by atoms with Gasteiger partial charge in [-0.2, -0.15) is 4.98 Å². The van der Waals surface area contributed by atoms with Crippen LogP contribution in [0.3, 0.4) is 0 Å². The number of rotatable bonds is 6. The number of carbonyl (C=O) groups is 1. The highest BCUT2D eigenvalue weighted by molar-refractivity contribution is 5.95. The quantitative estimate of drug-likeness (QED) is 0.453. The van der Waals surface area contributed by atoms with E-state index in [0.29, 0.717) is 19.2 Å². The summed E-state index contributed by atoms with van der Waals surface area (Å²) in [6.45, 7) is 4.90. The summed E-state index contributed by atoms with van der Waals surface area (Å²) in [5, 5.41) is 7.31. The Morgan fingerprint density at radius 3 is 2.59 bits per heavy atom. The number of para-hydroxylation sites is 1. The molecule has 1 saturated heterocycles. The molecule has 3 heterocycles. The summed E-state index contributed by atoms with van der Waals surface area (Å²) in [4.78, 5) is 28.4. The number of ether oxygens (including phenoxy) is 1. The second kappa shape index (κ2) is 9.84. The standard InChI is InChI=1S/C26H26N6O2/c1-18-16-24(31-26(28-18)32-12-14-34-15-13-32)29-20-6-8-21(9-7-20)30-25(33)17-19-10-11-27-23-5-3-2-4-22(19)23/h2-11,16H,12-15,17H2,1H3,(H,30,33)(H,28,29,31). The maximum Gasteiger partial charge on any atom is 0.228 e. The van der Waals surface area contributed by atoms with Gasteiger partial charge in [-0.15, -0.1) is 0 Å². The molecule has 2 aromatic heterocycles. The van der Waals surface area contributed by atoms with Crippen molar-refractivity contribution in [3.05, 3.63) is 78.1 Å². The van der Waals surface area contributed by atoms with Crippen LogP contribution < -0.4 is 15.5 Å². The van der Waals surface area contributed by atoms with Crippen LogP contribution >= 0.6 is 0 Å². The van der Waals surface area contributed by atoms with E-state index in [-0.39, 0.29) is 12.3 Å². The van der Waals surface area contributed by atoms with Crippen LogP contribution in [-0.4, -0.2) is 47.2 Å². The first-order chi connectivity index (χ1) is 16.6. The molecule has 8 heteroatoms. The summed E-state index contributed by atoms with van der Waals surface area (Å²) in [5.74, 6) is 1.37. The van der Waals surface area contributed by atoms with E-state index in [1.165, 1.54) is 0 Å². The lowest BCUT2D eigenvalue weighted by Crippen LogP contribution is -2.37. The van der Waals surface area contributed by atoms with E-state index in [4.69, 9.17) is 4.74 Å². The largest absolute Gasteiger partial charge is 0.378 e. The molecule has 0 aliphatic carbocycles. The molecule has 1 aliphatic rings. The first-order valence-electron chi connectivity index (χ1n) is 11.3. The van der Waals surface area contributed by atoms with Gasteiger partial charge in [0.05, 0.1) is 25.2 Å². The minimum absolute atomic E-state index is 0.0707. The topological polar surface area (TPSA) is 92.3 Å².